The van der Waals surface area contributed by atoms with Crippen molar-refractivity contribution >= 4 is 22.9 Å². The van der Waals surface area contributed by atoms with E-state index in [9.17, 15) is 0 Å². The summed E-state index contributed by atoms with van der Waals surface area (Å²) in [6, 6.07) is 1.91. The smallest absolute Gasteiger partial charge is 0.277 e. The molecule has 0 saturated heterocycles. The molecule has 0 fully saturated rings. The van der Waals surface area contributed by atoms with Crippen molar-refractivity contribution in [2.75, 3.05) is 0 Å². The molecule has 72 valence electrons. The molecular weight excluding hydrogens is 220 g/mol. The molecule has 0 bridgehead atoms. The SMILES string of the molecule is C#CC(C)(C)Oc1nc(Cl)c(C#N)s1. The van der Waals surface area contributed by atoms with E-state index in [2.05, 4.69) is 10.9 Å². The normalized spacial score (nSPS) is 10.4. The Kier molecular flexibility index (Phi) is 3.00. The van der Waals surface area contributed by atoms with Crippen LogP contribution in [0, 0.1) is 23.7 Å². The first-order chi connectivity index (χ1) is 6.48. The molecule has 5 heteroatoms. The van der Waals surface area contributed by atoms with Crippen molar-refractivity contribution in [2.45, 2.75) is 19.4 Å². The number of rotatable bonds is 2. The zero-order valence-corrected chi connectivity index (χ0v) is 9.24. The van der Waals surface area contributed by atoms with Crippen LogP contribution in [0.5, 0.6) is 5.19 Å². The molecule has 3 nitrogen and oxygen atoms in total. The number of hydrogen-bond acceptors (Lipinski definition) is 4. The Labute approximate surface area is 91.3 Å². The van der Waals surface area contributed by atoms with Crippen LogP contribution in [0.2, 0.25) is 5.15 Å². The van der Waals surface area contributed by atoms with E-state index in [0.717, 1.165) is 11.3 Å². The van der Waals surface area contributed by atoms with E-state index in [4.69, 9.17) is 28.0 Å². The van der Waals surface area contributed by atoms with Crippen molar-refractivity contribution < 1.29 is 4.74 Å². The van der Waals surface area contributed by atoms with Crippen LogP contribution in [0.15, 0.2) is 0 Å². The molecule has 1 heterocycles. The lowest BCUT2D eigenvalue weighted by atomic mass is 10.2. The Bertz CT molecular complexity index is 425. The molecule has 0 radical (unpaired) electrons. The Hall–Kier alpha value is -1.23. The minimum absolute atomic E-state index is 0.153. The second-order valence-corrected chi connectivity index (χ2v) is 4.29. The van der Waals surface area contributed by atoms with Crippen LogP contribution in [-0.2, 0) is 0 Å². The summed E-state index contributed by atoms with van der Waals surface area (Å²) in [7, 11) is 0. The van der Waals surface area contributed by atoms with Crippen LogP contribution in [-0.4, -0.2) is 10.6 Å². The summed E-state index contributed by atoms with van der Waals surface area (Å²) in [5, 5.41) is 9.09. The third kappa shape index (κ3) is 2.38. The molecular formula is C9H7ClN2OS. The fourth-order valence-electron chi connectivity index (χ4n) is 0.644. The number of nitriles is 1. The van der Waals surface area contributed by atoms with Crippen molar-refractivity contribution in [3.8, 4) is 23.6 Å². The third-order valence-corrected chi connectivity index (χ3v) is 2.58. The average Bonchev–Trinajstić information content (AvgIpc) is 2.45. The number of nitrogens with zero attached hydrogens (tertiary/aromatic N) is 2. The summed E-state index contributed by atoms with van der Waals surface area (Å²) in [5.74, 6) is 2.45. The first-order valence-corrected chi connectivity index (χ1v) is 4.91. The Balaban J connectivity index is 2.91. The van der Waals surface area contributed by atoms with Gasteiger partial charge in [0.05, 0.1) is 0 Å². The predicted molar refractivity (Wildman–Crippen MR) is 55.4 cm³/mol. The van der Waals surface area contributed by atoms with Crippen molar-refractivity contribution in [1.82, 2.24) is 4.98 Å². The highest BCUT2D eigenvalue weighted by Gasteiger charge is 2.19. The summed E-state index contributed by atoms with van der Waals surface area (Å²) in [4.78, 5) is 4.19. The Morgan fingerprint density at radius 1 is 1.64 bits per heavy atom. The summed E-state index contributed by atoms with van der Waals surface area (Å²) < 4.78 is 5.35. The quantitative estimate of drug-likeness (QED) is 0.728. The molecule has 0 unspecified atom stereocenters. The molecule has 1 rings (SSSR count). The van der Waals surface area contributed by atoms with Crippen LogP contribution < -0.4 is 4.74 Å². The van der Waals surface area contributed by atoms with Crippen molar-refractivity contribution in [3.63, 3.8) is 0 Å². The zero-order valence-electron chi connectivity index (χ0n) is 7.67. The summed E-state index contributed by atoms with van der Waals surface area (Å²) in [6.07, 6.45) is 5.24. The molecule has 14 heavy (non-hydrogen) atoms. The van der Waals surface area contributed by atoms with Gasteiger partial charge in [0.2, 0.25) is 0 Å². The van der Waals surface area contributed by atoms with Gasteiger partial charge in [-0.25, -0.2) is 0 Å². The molecule has 0 spiro atoms. The monoisotopic (exact) mass is 226 g/mol. The highest BCUT2D eigenvalue weighted by molar-refractivity contribution is 7.14. The maximum Gasteiger partial charge on any atom is 0.277 e. The van der Waals surface area contributed by atoms with E-state index in [0.29, 0.717) is 10.1 Å². The number of aromatic nitrogens is 1. The number of hydrogen-bond donors (Lipinski definition) is 0. The summed E-state index contributed by atoms with van der Waals surface area (Å²) in [5.41, 5.74) is -0.742. The fraction of sp³-hybridized carbons (Fsp3) is 0.333. The van der Waals surface area contributed by atoms with Gasteiger partial charge in [-0.1, -0.05) is 28.9 Å². The topological polar surface area (TPSA) is 45.9 Å². The second kappa shape index (κ2) is 3.88. The van der Waals surface area contributed by atoms with Crippen molar-refractivity contribution in [1.29, 1.82) is 5.26 Å². The lowest BCUT2D eigenvalue weighted by molar-refractivity contribution is 0.172. The second-order valence-electron chi connectivity index (χ2n) is 2.97. The first kappa shape index (κ1) is 10.8. The number of terminal acetylenes is 1. The van der Waals surface area contributed by atoms with E-state index in [1.165, 1.54) is 0 Å². The molecule has 0 aromatic carbocycles. The lowest BCUT2D eigenvalue weighted by Crippen LogP contribution is -2.25. The number of ether oxygens (including phenoxy) is 1. The maximum absolute atomic E-state index is 8.63. The van der Waals surface area contributed by atoms with Gasteiger partial charge < -0.3 is 4.74 Å². The molecule has 1 aromatic heterocycles. The first-order valence-electron chi connectivity index (χ1n) is 3.71. The molecule has 0 atom stereocenters. The highest BCUT2D eigenvalue weighted by Crippen LogP contribution is 2.29. The van der Waals surface area contributed by atoms with Gasteiger partial charge in [0.25, 0.3) is 5.19 Å². The van der Waals surface area contributed by atoms with Crippen LogP contribution >= 0.6 is 22.9 Å². The highest BCUT2D eigenvalue weighted by atomic mass is 35.5. The van der Waals surface area contributed by atoms with Gasteiger partial charge in [-0.3, -0.25) is 0 Å². The minimum Gasteiger partial charge on any atom is -0.451 e. The van der Waals surface area contributed by atoms with Crippen LogP contribution in [0.25, 0.3) is 0 Å². The van der Waals surface area contributed by atoms with Gasteiger partial charge in [0.15, 0.2) is 10.8 Å². The van der Waals surface area contributed by atoms with E-state index >= 15 is 0 Å². The Morgan fingerprint density at radius 2 is 2.29 bits per heavy atom. The third-order valence-electron chi connectivity index (χ3n) is 1.36. The van der Waals surface area contributed by atoms with Crippen LogP contribution in [0.3, 0.4) is 0 Å². The van der Waals surface area contributed by atoms with E-state index in [1.54, 1.807) is 13.8 Å². The van der Waals surface area contributed by atoms with Gasteiger partial charge in [0, 0.05) is 0 Å². The van der Waals surface area contributed by atoms with Gasteiger partial charge in [-0.2, -0.15) is 10.2 Å². The minimum atomic E-state index is -0.742. The van der Waals surface area contributed by atoms with Gasteiger partial charge >= 0.3 is 0 Å². The molecule has 0 amide bonds. The summed E-state index contributed by atoms with van der Waals surface area (Å²) >= 11 is 6.74. The van der Waals surface area contributed by atoms with Gasteiger partial charge in [0.1, 0.15) is 10.9 Å². The molecule has 0 aliphatic rings. The molecule has 0 aliphatic heterocycles. The van der Waals surface area contributed by atoms with Crippen molar-refractivity contribution in [3.05, 3.63) is 10.0 Å². The predicted octanol–water partition coefficient (Wildman–Crippen LogP) is 2.46. The zero-order chi connectivity index (χ0) is 10.8. The van der Waals surface area contributed by atoms with Gasteiger partial charge in [-0.05, 0) is 13.8 Å². The largest absolute Gasteiger partial charge is 0.451 e. The Morgan fingerprint density at radius 3 is 2.71 bits per heavy atom. The molecule has 0 aliphatic carbocycles. The average molecular weight is 227 g/mol. The molecule has 0 N–H and O–H groups in total. The lowest BCUT2D eigenvalue weighted by Gasteiger charge is -2.16. The van der Waals surface area contributed by atoms with Crippen molar-refractivity contribution in [2.24, 2.45) is 0 Å². The van der Waals surface area contributed by atoms with Crippen LogP contribution in [0.4, 0.5) is 0 Å². The standard InChI is InChI=1S/C9H7ClN2OS/c1-4-9(2,3)13-8-12-7(10)6(5-11)14-8/h1H,2-3H3. The van der Waals surface area contributed by atoms with E-state index < -0.39 is 5.60 Å². The molecule has 0 saturated carbocycles. The number of thiazole rings is 1. The molecule has 1 aromatic rings. The number of halogens is 1. The van der Waals surface area contributed by atoms with Crippen LogP contribution in [0.1, 0.15) is 18.7 Å². The summed E-state index contributed by atoms with van der Waals surface area (Å²) in [6.45, 7) is 3.46. The van der Waals surface area contributed by atoms with Gasteiger partial charge in [-0.15, -0.1) is 6.42 Å². The van der Waals surface area contributed by atoms with E-state index in [-0.39, 0.29) is 5.15 Å². The maximum atomic E-state index is 8.63. The van der Waals surface area contributed by atoms with E-state index in [1.807, 2.05) is 6.07 Å². The fourth-order valence-corrected chi connectivity index (χ4v) is 1.67.